The number of hydrogen-bond donors (Lipinski definition) is 1. The minimum atomic E-state index is -0.437. The Bertz CT molecular complexity index is 221. The number of aliphatic hydroxyl groups excluding tert-OH is 1. The fourth-order valence-electron chi connectivity index (χ4n) is 2.62. The van der Waals surface area contributed by atoms with Gasteiger partial charge in [0.05, 0.1) is 17.6 Å². The van der Waals surface area contributed by atoms with Gasteiger partial charge >= 0.3 is 0 Å². The third-order valence-corrected chi connectivity index (χ3v) is 3.46. The molecule has 0 heterocycles. The van der Waals surface area contributed by atoms with Crippen LogP contribution in [0, 0.1) is 22.7 Å². The maximum absolute atomic E-state index is 10.0. The number of nitrogens with zero attached hydrogens (tertiary/aromatic N) is 1. The summed E-state index contributed by atoms with van der Waals surface area (Å²) in [6.45, 7) is 4.24. The van der Waals surface area contributed by atoms with E-state index in [1.54, 1.807) is 0 Å². The minimum absolute atomic E-state index is 0.416. The van der Waals surface area contributed by atoms with Gasteiger partial charge in [-0.2, -0.15) is 5.26 Å². The highest BCUT2D eigenvalue weighted by molar-refractivity contribution is 5.05. The lowest BCUT2D eigenvalue weighted by Gasteiger charge is -2.37. The smallest absolute Gasteiger partial charge is 0.0834 e. The molecule has 2 heteroatoms. The van der Waals surface area contributed by atoms with Crippen LogP contribution in [0.2, 0.25) is 0 Å². The quantitative estimate of drug-likeness (QED) is 0.752. The second-order valence-electron chi connectivity index (χ2n) is 4.77. The van der Waals surface area contributed by atoms with Crippen LogP contribution in [0.25, 0.3) is 0 Å². The SMILES string of the molecule is CCCC(O)C1(C#N)CCCC(C)C1. The van der Waals surface area contributed by atoms with Gasteiger partial charge in [-0.3, -0.25) is 0 Å². The highest BCUT2D eigenvalue weighted by Gasteiger charge is 2.40. The van der Waals surface area contributed by atoms with Gasteiger partial charge in [0.1, 0.15) is 0 Å². The van der Waals surface area contributed by atoms with Gasteiger partial charge in [0.2, 0.25) is 0 Å². The van der Waals surface area contributed by atoms with E-state index in [1.165, 1.54) is 6.42 Å². The monoisotopic (exact) mass is 195 g/mol. The Kier molecular flexibility index (Phi) is 3.95. The van der Waals surface area contributed by atoms with E-state index in [0.29, 0.717) is 5.92 Å². The maximum Gasteiger partial charge on any atom is 0.0834 e. The van der Waals surface area contributed by atoms with E-state index < -0.39 is 11.5 Å². The zero-order chi connectivity index (χ0) is 10.6. The Morgan fingerprint density at radius 3 is 2.86 bits per heavy atom. The molecule has 0 aliphatic heterocycles. The van der Waals surface area contributed by atoms with Gasteiger partial charge in [-0.1, -0.05) is 33.1 Å². The molecule has 0 radical (unpaired) electrons. The minimum Gasteiger partial charge on any atom is -0.391 e. The van der Waals surface area contributed by atoms with E-state index in [-0.39, 0.29) is 0 Å². The Morgan fingerprint density at radius 1 is 1.64 bits per heavy atom. The van der Waals surface area contributed by atoms with E-state index in [1.807, 2.05) is 0 Å². The summed E-state index contributed by atoms with van der Waals surface area (Å²) < 4.78 is 0. The molecule has 1 fully saturated rings. The van der Waals surface area contributed by atoms with Crippen LogP contribution in [0.4, 0.5) is 0 Å². The van der Waals surface area contributed by atoms with Crippen molar-refractivity contribution in [1.82, 2.24) is 0 Å². The first-order chi connectivity index (χ1) is 6.64. The van der Waals surface area contributed by atoms with E-state index in [9.17, 15) is 10.4 Å². The van der Waals surface area contributed by atoms with Crippen LogP contribution in [0.15, 0.2) is 0 Å². The van der Waals surface area contributed by atoms with Gasteiger partial charge in [0, 0.05) is 0 Å². The zero-order valence-electron chi connectivity index (χ0n) is 9.29. The third-order valence-electron chi connectivity index (χ3n) is 3.46. The van der Waals surface area contributed by atoms with Gasteiger partial charge in [-0.05, 0) is 25.2 Å². The van der Waals surface area contributed by atoms with Gasteiger partial charge in [0.25, 0.3) is 0 Å². The predicted octanol–water partition coefficient (Wildman–Crippen LogP) is 2.87. The molecule has 0 bridgehead atoms. The van der Waals surface area contributed by atoms with Gasteiger partial charge in [-0.15, -0.1) is 0 Å². The molecule has 2 nitrogen and oxygen atoms in total. The molecular formula is C12H21NO. The first-order valence-electron chi connectivity index (χ1n) is 5.74. The van der Waals surface area contributed by atoms with Crippen LogP contribution in [-0.4, -0.2) is 11.2 Å². The Hall–Kier alpha value is -0.550. The topological polar surface area (TPSA) is 44.0 Å². The molecule has 0 aromatic carbocycles. The first kappa shape index (κ1) is 11.5. The molecule has 1 aliphatic rings. The van der Waals surface area contributed by atoms with E-state index in [4.69, 9.17) is 0 Å². The normalized spacial score (nSPS) is 34.9. The molecule has 1 N–H and O–H groups in total. The second-order valence-corrected chi connectivity index (χ2v) is 4.77. The molecule has 0 amide bonds. The molecule has 3 atom stereocenters. The lowest BCUT2D eigenvalue weighted by atomic mass is 9.67. The second kappa shape index (κ2) is 4.79. The van der Waals surface area contributed by atoms with Crippen LogP contribution in [0.1, 0.15) is 52.4 Å². The van der Waals surface area contributed by atoms with Gasteiger partial charge in [-0.25, -0.2) is 0 Å². The lowest BCUT2D eigenvalue weighted by Crippen LogP contribution is -2.38. The zero-order valence-corrected chi connectivity index (χ0v) is 9.29. The van der Waals surface area contributed by atoms with Crippen molar-refractivity contribution in [2.45, 2.75) is 58.5 Å². The standard InChI is InChI=1S/C12H21NO/c1-3-5-11(14)12(9-13)7-4-6-10(2)8-12/h10-11,14H,3-8H2,1-2H3. The molecule has 1 rings (SSSR count). The van der Waals surface area contributed by atoms with Crippen molar-refractivity contribution in [3.05, 3.63) is 0 Å². The number of hydrogen-bond acceptors (Lipinski definition) is 2. The van der Waals surface area contributed by atoms with Crippen LogP contribution < -0.4 is 0 Å². The summed E-state index contributed by atoms with van der Waals surface area (Å²) in [4.78, 5) is 0. The summed E-state index contributed by atoms with van der Waals surface area (Å²) in [7, 11) is 0. The summed E-state index contributed by atoms with van der Waals surface area (Å²) in [6, 6.07) is 2.38. The average molecular weight is 195 g/mol. The van der Waals surface area contributed by atoms with Gasteiger partial charge < -0.3 is 5.11 Å². The molecule has 1 aliphatic carbocycles. The molecule has 0 spiro atoms. The van der Waals surface area contributed by atoms with Crippen LogP contribution >= 0.6 is 0 Å². The molecular weight excluding hydrogens is 174 g/mol. The van der Waals surface area contributed by atoms with Crippen molar-refractivity contribution in [3.8, 4) is 6.07 Å². The van der Waals surface area contributed by atoms with Crippen LogP contribution in [-0.2, 0) is 0 Å². The summed E-state index contributed by atoms with van der Waals surface area (Å²) in [5, 5.41) is 19.3. The predicted molar refractivity (Wildman–Crippen MR) is 56.6 cm³/mol. The molecule has 0 aromatic rings. The number of aliphatic hydroxyl groups is 1. The molecule has 0 aromatic heterocycles. The van der Waals surface area contributed by atoms with Gasteiger partial charge in [0.15, 0.2) is 0 Å². The fraction of sp³-hybridized carbons (Fsp3) is 0.917. The lowest BCUT2D eigenvalue weighted by molar-refractivity contribution is 0.0172. The van der Waals surface area contributed by atoms with Crippen molar-refractivity contribution < 1.29 is 5.11 Å². The summed E-state index contributed by atoms with van der Waals surface area (Å²) in [5.74, 6) is 0.593. The van der Waals surface area contributed by atoms with Crippen molar-refractivity contribution in [2.75, 3.05) is 0 Å². The summed E-state index contributed by atoms with van der Waals surface area (Å²) >= 11 is 0. The van der Waals surface area contributed by atoms with E-state index in [0.717, 1.165) is 32.1 Å². The summed E-state index contributed by atoms with van der Waals surface area (Å²) in [5.41, 5.74) is -0.437. The highest BCUT2D eigenvalue weighted by atomic mass is 16.3. The van der Waals surface area contributed by atoms with Crippen molar-refractivity contribution in [1.29, 1.82) is 5.26 Å². The molecule has 14 heavy (non-hydrogen) atoms. The van der Waals surface area contributed by atoms with Crippen molar-refractivity contribution in [2.24, 2.45) is 11.3 Å². The summed E-state index contributed by atoms with van der Waals surface area (Å²) in [6.07, 6.45) is 5.37. The Balaban J connectivity index is 2.70. The number of nitriles is 1. The average Bonchev–Trinajstić information content (AvgIpc) is 2.18. The van der Waals surface area contributed by atoms with Crippen molar-refractivity contribution >= 4 is 0 Å². The Labute approximate surface area is 86.9 Å². The molecule has 1 saturated carbocycles. The highest BCUT2D eigenvalue weighted by Crippen LogP contribution is 2.42. The van der Waals surface area contributed by atoms with Crippen LogP contribution in [0.3, 0.4) is 0 Å². The number of rotatable bonds is 3. The third kappa shape index (κ3) is 2.27. The Morgan fingerprint density at radius 2 is 2.36 bits per heavy atom. The largest absolute Gasteiger partial charge is 0.391 e. The van der Waals surface area contributed by atoms with Crippen molar-refractivity contribution in [3.63, 3.8) is 0 Å². The molecule has 3 unspecified atom stereocenters. The van der Waals surface area contributed by atoms with E-state index >= 15 is 0 Å². The molecule has 0 saturated heterocycles. The fourth-order valence-corrected chi connectivity index (χ4v) is 2.62. The molecule has 80 valence electrons. The van der Waals surface area contributed by atoms with E-state index in [2.05, 4.69) is 19.9 Å². The van der Waals surface area contributed by atoms with Crippen LogP contribution in [0.5, 0.6) is 0 Å². The maximum atomic E-state index is 10.0. The first-order valence-corrected chi connectivity index (χ1v) is 5.74.